The monoisotopic (exact) mass is 355 g/mol. The third-order valence-corrected chi connectivity index (χ3v) is 4.19. The molecule has 1 fully saturated rings. The Kier molecular flexibility index (Phi) is 4.71. The smallest absolute Gasteiger partial charge is 0.284 e. The van der Waals surface area contributed by atoms with Gasteiger partial charge in [-0.1, -0.05) is 0 Å². The Balaban J connectivity index is 1.66. The SMILES string of the molecule is O=[N+]([O-])c1ccc(-c2ncn(CN3CCC[C@H](C(F)(F)F)C3)n2)cc1. The van der Waals surface area contributed by atoms with Gasteiger partial charge in [0.25, 0.3) is 5.69 Å². The second-order valence-corrected chi connectivity index (χ2v) is 6.01. The minimum atomic E-state index is -4.18. The molecule has 1 aromatic carbocycles. The van der Waals surface area contributed by atoms with Gasteiger partial charge in [0.15, 0.2) is 5.82 Å². The second kappa shape index (κ2) is 6.79. The average Bonchev–Trinajstić information content (AvgIpc) is 3.03. The molecule has 0 saturated carbocycles. The lowest BCUT2D eigenvalue weighted by Crippen LogP contribution is -2.42. The fraction of sp³-hybridized carbons (Fsp3) is 0.467. The highest BCUT2D eigenvalue weighted by atomic mass is 19.4. The van der Waals surface area contributed by atoms with E-state index in [2.05, 4.69) is 10.1 Å². The van der Waals surface area contributed by atoms with Gasteiger partial charge in [-0.2, -0.15) is 13.2 Å². The van der Waals surface area contributed by atoms with E-state index in [-0.39, 0.29) is 25.3 Å². The van der Waals surface area contributed by atoms with Crippen LogP contribution in [-0.2, 0) is 6.67 Å². The van der Waals surface area contributed by atoms with Crippen LogP contribution in [0.3, 0.4) is 0 Å². The largest absolute Gasteiger partial charge is 0.393 e. The third-order valence-electron chi connectivity index (χ3n) is 4.19. The van der Waals surface area contributed by atoms with Crippen molar-refractivity contribution in [2.75, 3.05) is 13.1 Å². The van der Waals surface area contributed by atoms with Crippen molar-refractivity contribution in [3.63, 3.8) is 0 Å². The van der Waals surface area contributed by atoms with Crippen molar-refractivity contribution in [3.05, 3.63) is 40.7 Å². The molecule has 3 rings (SSSR count). The summed E-state index contributed by atoms with van der Waals surface area (Å²) < 4.78 is 40.1. The maximum absolute atomic E-state index is 12.9. The summed E-state index contributed by atoms with van der Waals surface area (Å²) in [6, 6.07) is 5.79. The highest BCUT2D eigenvalue weighted by Crippen LogP contribution is 2.33. The Morgan fingerprint density at radius 2 is 2.00 bits per heavy atom. The minimum Gasteiger partial charge on any atom is -0.284 e. The number of nitro groups is 1. The van der Waals surface area contributed by atoms with E-state index < -0.39 is 17.0 Å². The van der Waals surface area contributed by atoms with E-state index >= 15 is 0 Å². The number of nitrogens with zero attached hydrogens (tertiary/aromatic N) is 5. The number of alkyl halides is 3. The highest BCUT2D eigenvalue weighted by molar-refractivity contribution is 5.56. The molecule has 0 bridgehead atoms. The first-order valence-electron chi connectivity index (χ1n) is 7.76. The molecular weight excluding hydrogens is 339 g/mol. The van der Waals surface area contributed by atoms with Gasteiger partial charge < -0.3 is 0 Å². The first kappa shape index (κ1) is 17.3. The molecule has 1 aromatic heterocycles. The predicted octanol–water partition coefficient (Wildman–Crippen LogP) is 3.09. The van der Waals surface area contributed by atoms with Gasteiger partial charge in [-0.05, 0) is 31.5 Å². The molecule has 0 N–H and O–H groups in total. The first-order chi connectivity index (χ1) is 11.8. The molecule has 2 aromatic rings. The van der Waals surface area contributed by atoms with Gasteiger partial charge in [-0.15, -0.1) is 5.10 Å². The van der Waals surface area contributed by atoms with E-state index in [4.69, 9.17) is 0 Å². The molecule has 1 atom stereocenters. The van der Waals surface area contributed by atoms with Crippen molar-refractivity contribution in [1.29, 1.82) is 0 Å². The highest BCUT2D eigenvalue weighted by Gasteiger charge is 2.41. The predicted molar refractivity (Wildman–Crippen MR) is 82.5 cm³/mol. The molecule has 134 valence electrons. The summed E-state index contributed by atoms with van der Waals surface area (Å²) >= 11 is 0. The maximum Gasteiger partial charge on any atom is 0.393 e. The summed E-state index contributed by atoms with van der Waals surface area (Å²) in [7, 11) is 0. The van der Waals surface area contributed by atoms with E-state index in [0.29, 0.717) is 24.4 Å². The average molecular weight is 355 g/mol. The Labute approximate surface area is 141 Å². The van der Waals surface area contributed by atoms with Crippen LogP contribution in [0.15, 0.2) is 30.6 Å². The lowest BCUT2D eigenvalue weighted by Gasteiger charge is -2.33. The number of likely N-dealkylation sites (tertiary alicyclic amines) is 1. The van der Waals surface area contributed by atoms with Crippen LogP contribution in [0.1, 0.15) is 12.8 Å². The van der Waals surface area contributed by atoms with Crippen LogP contribution >= 0.6 is 0 Å². The zero-order chi connectivity index (χ0) is 18.0. The van der Waals surface area contributed by atoms with E-state index in [1.807, 2.05) is 0 Å². The van der Waals surface area contributed by atoms with Crippen LogP contribution in [0.25, 0.3) is 11.4 Å². The van der Waals surface area contributed by atoms with Gasteiger partial charge in [-0.3, -0.25) is 15.0 Å². The maximum atomic E-state index is 12.9. The molecule has 10 heteroatoms. The minimum absolute atomic E-state index is 0.0327. The molecule has 25 heavy (non-hydrogen) atoms. The van der Waals surface area contributed by atoms with Crippen molar-refractivity contribution < 1.29 is 18.1 Å². The summed E-state index contributed by atoms with van der Waals surface area (Å²) in [5, 5.41) is 14.9. The number of aromatic nitrogens is 3. The molecule has 0 unspecified atom stereocenters. The standard InChI is InChI=1S/C15H16F3N5O2/c16-15(17,18)12-2-1-7-21(8-12)10-22-9-19-14(20-22)11-3-5-13(6-4-11)23(24)25/h3-6,9,12H,1-2,7-8,10H2/t12-/m0/s1. The third kappa shape index (κ3) is 4.13. The number of hydrogen-bond acceptors (Lipinski definition) is 5. The topological polar surface area (TPSA) is 77.1 Å². The molecule has 0 radical (unpaired) electrons. The van der Waals surface area contributed by atoms with Crippen molar-refractivity contribution >= 4 is 5.69 Å². The Bertz CT molecular complexity index is 744. The second-order valence-electron chi connectivity index (χ2n) is 6.01. The first-order valence-corrected chi connectivity index (χ1v) is 7.76. The number of nitro benzene ring substituents is 1. The number of rotatable bonds is 4. The molecule has 1 aliphatic heterocycles. The molecule has 2 heterocycles. The fourth-order valence-electron chi connectivity index (χ4n) is 2.88. The van der Waals surface area contributed by atoms with E-state index in [0.717, 1.165) is 0 Å². The van der Waals surface area contributed by atoms with E-state index in [1.165, 1.54) is 23.1 Å². The van der Waals surface area contributed by atoms with Gasteiger partial charge >= 0.3 is 6.18 Å². The zero-order valence-electron chi connectivity index (χ0n) is 13.2. The van der Waals surface area contributed by atoms with Crippen molar-refractivity contribution in [2.45, 2.75) is 25.7 Å². The molecular formula is C15H16F3N5O2. The lowest BCUT2D eigenvalue weighted by molar-refractivity contribution is -0.384. The molecule has 1 aliphatic rings. The van der Waals surface area contributed by atoms with Crippen LogP contribution in [0.5, 0.6) is 0 Å². The molecule has 0 spiro atoms. The van der Waals surface area contributed by atoms with Gasteiger partial charge in [-0.25, -0.2) is 9.67 Å². The normalized spacial score (nSPS) is 19.1. The summed E-state index contributed by atoms with van der Waals surface area (Å²) in [6.45, 7) is 0.766. The number of hydrogen-bond donors (Lipinski definition) is 0. The lowest BCUT2D eigenvalue weighted by atomic mass is 9.98. The summed E-state index contributed by atoms with van der Waals surface area (Å²) in [6.07, 6.45) is -2.07. The van der Waals surface area contributed by atoms with E-state index in [9.17, 15) is 23.3 Å². The molecule has 0 aliphatic carbocycles. The number of halogens is 3. The summed E-state index contributed by atoms with van der Waals surface area (Å²) in [5.74, 6) is -0.932. The molecule has 7 nitrogen and oxygen atoms in total. The van der Waals surface area contributed by atoms with Crippen LogP contribution in [0.4, 0.5) is 18.9 Å². The van der Waals surface area contributed by atoms with Crippen molar-refractivity contribution in [1.82, 2.24) is 19.7 Å². The van der Waals surface area contributed by atoms with Crippen LogP contribution in [0, 0.1) is 16.0 Å². The summed E-state index contributed by atoms with van der Waals surface area (Å²) in [4.78, 5) is 16.0. The Morgan fingerprint density at radius 3 is 2.64 bits per heavy atom. The molecule has 1 saturated heterocycles. The molecule has 0 amide bonds. The summed E-state index contributed by atoms with van der Waals surface area (Å²) in [5.41, 5.74) is 0.575. The fourth-order valence-corrected chi connectivity index (χ4v) is 2.88. The van der Waals surface area contributed by atoms with Crippen molar-refractivity contribution in [2.24, 2.45) is 5.92 Å². The zero-order valence-corrected chi connectivity index (χ0v) is 13.2. The van der Waals surface area contributed by atoms with E-state index in [1.54, 1.807) is 17.0 Å². The number of non-ortho nitro benzene ring substituents is 1. The van der Waals surface area contributed by atoms with Gasteiger partial charge in [0.2, 0.25) is 0 Å². The van der Waals surface area contributed by atoms with Crippen LogP contribution in [-0.4, -0.2) is 43.9 Å². The van der Waals surface area contributed by atoms with Gasteiger partial charge in [0.1, 0.15) is 6.33 Å². The Hall–Kier alpha value is -2.49. The quantitative estimate of drug-likeness (QED) is 0.622. The van der Waals surface area contributed by atoms with Gasteiger partial charge in [0.05, 0.1) is 17.5 Å². The van der Waals surface area contributed by atoms with Gasteiger partial charge in [0, 0.05) is 24.2 Å². The Morgan fingerprint density at radius 1 is 1.28 bits per heavy atom. The number of benzene rings is 1. The number of piperidine rings is 1. The van der Waals surface area contributed by atoms with Crippen LogP contribution in [0.2, 0.25) is 0 Å². The van der Waals surface area contributed by atoms with Crippen LogP contribution < -0.4 is 0 Å². The van der Waals surface area contributed by atoms with Crippen molar-refractivity contribution in [3.8, 4) is 11.4 Å².